The number of carboxylic acid groups (broad SMARTS) is 1. The van der Waals surface area contributed by atoms with Crippen LogP contribution in [0.1, 0.15) is 12.6 Å². The first-order valence-corrected chi connectivity index (χ1v) is 7.39. The lowest BCUT2D eigenvalue weighted by Crippen LogP contribution is -2.47. The van der Waals surface area contributed by atoms with Crippen molar-refractivity contribution in [3.05, 3.63) is 41.2 Å². The van der Waals surface area contributed by atoms with Gasteiger partial charge in [-0.2, -0.15) is 5.10 Å². The fourth-order valence-electron chi connectivity index (χ4n) is 1.87. The summed E-state index contributed by atoms with van der Waals surface area (Å²) in [6.07, 6.45) is 1.47. The number of carboxylic acids is 1. The Kier molecular flexibility index (Phi) is 5.10. The molecule has 0 radical (unpaired) electrons. The van der Waals surface area contributed by atoms with E-state index in [0.717, 1.165) is 12.6 Å². The van der Waals surface area contributed by atoms with Crippen molar-refractivity contribution in [3.63, 3.8) is 0 Å². The van der Waals surface area contributed by atoms with E-state index in [1.165, 1.54) is 6.20 Å². The van der Waals surface area contributed by atoms with Gasteiger partial charge in [-0.3, -0.25) is 0 Å². The van der Waals surface area contributed by atoms with Gasteiger partial charge in [-0.05, 0) is 38.1 Å². The maximum absolute atomic E-state index is 11.8. The first-order valence-electron chi connectivity index (χ1n) is 7.02. The molecule has 9 heteroatoms. The van der Waals surface area contributed by atoms with Crippen molar-refractivity contribution >= 4 is 29.3 Å². The van der Waals surface area contributed by atoms with E-state index in [9.17, 15) is 14.7 Å². The summed E-state index contributed by atoms with van der Waals surface area (Å²) in [5.41, 5.74) is -0.131. The highest BCUT2D eigenvalue weighted by Gasteiger charge is 2.30. The third-order valence-corrected chi connectivity index (χ3v) is 3.64. The molecule has 0 fully saturated rings. The SMILES string of the molecule is Cc1c(NC(=O)NCC(C)(O)C(=O)O)cnn1-c1ccc(Cl)cc1. The number of nitrogens with one attached hydrogen (secondary N) is 2. The minimum absolute atomic E-state index is 0.432. The molecule has 2 rings (SSSR count). The molecule has 1 aromatic carbocycles. The van der Waals surface area contributed by atoms with Gasteiger partial charge in [0, 0.05) is 5.02 Å². The fourth-order valence-corrected chi connectivity index (χ4v) is 2.00. The zero-order valence-electron chi connectivity index (χ0n) is 13.1. The van der Waals surface area contributed by atoms with E-state index in [1.54, 1.807) is 35.9 Å². The Morgan fingerprint density at radius 1 is 1.33 bits per heavy atom. The Bertz CT molecular complexity index is 755. The molecule has 0 bridgehead atoms. The number of carbonyl (C=O) groups excluding carboxylic acids is 1. The second-order valence-electron chi connectivity index (χ2n) is 5.42. The molecule has 4 N–H and O–H groups in total. The zero-order valence-corrected chi connectivity index (χ0v) is 13.8. The summed E-state index contributed by atoms with van der Waals surface area (Å²) in [7, 11) is 0. The number of carbonyl (C=O) groups is 2. The van der Waals surface area contributed by atoms with Crippen LogP contribution >= 0.6 is 11.6 Å². The van der Waals surface area contributed by atoms with Crippen molar-refractivity contribution < 1.29 is 19.8 Å². The van der Waals surface area contributed by atoms with E-state index in [4.69, 9.17) is 16.7 Å². The smallest absolute Gasteiger partial charge is 0.337 e. The molecule has 8 nitrogen and oxygen atoms in total. The van der Waals surface area contributed by atoms with E-state index in [1.807, 2.05) is 0 Å². The van der Waals surface area contributed by atoms with Gasteiger partial charge in [0.1, 0.15) is 0 Å². The normalized spacial score (nSPS) is 13.2. The van der Waals surface area contributed by atoms with Gasteiger partial charge in [0.05, 0.1) is 29.8 Å². The van der Waals surface area contributed by atoms with Crippen molar-refractivity contribution in [3.8, 4) is 5.69 Å². The van der Waals surface area contributed by atoms with Crippen molar-refractivity contribution in [1.82, 2.24) is 15.1 Å². The minimum atomic E-state index is -2.04. The van der Waals surface area contributed by atoms with Crippen LogP contribution in [0.15, 0.2) is 30.5 Å². The van der Waals surface area contributed by atoms with E-state index < -0.39 is 24.1 Å². The molecule has 1 heterocycles. The number of hydrogen-bond donors (Lipinski definition) is 4. The fraction of sp³-hybridized carbons (Fsp3) is 0.267. The first-order chi connectivity index (χ1) is 11.2. The largest absolute Gasteiger partial charge is 0.479 e. The van der Waals surface area contributed by atoms with Crippen LogP contribution in [0.2, 0.25) is 5.02 Å². The van der Waals surface area contributed by atoms with Crippen LogP contribution in [0.3, 0.4) is 0 Å². The van der Waals surface area contributed by atoms with Gasteiger partial charge in [0.2, 0.25) is 0 Å². The van der Waals surface area contributed by atoms with Crippen LogP contribution < -0.4 is 10.6 Å². The van der Waals surface area contributed by atoms with Crippen LogP contribution in [0.4, 0.5) is 10.5 Å². The number of halogens is 1. The average molecular weight is 353 g/mol. The Morgan fingerprint density at radius 3 is 2.54 bits per heavy atom. The maximum Gasteiger partial charge on any atom is 0.337 e. The Balaban J connectivity index is 2.05. The molecule has 0 aliphatic carbocycles. The molecular formula is C15H17ClN4O4. The van der Waals surface area contributed by atoms with Gasteiger partial charge in [-0.25, -0.2) is 14.3 Å². The van der Waals surface area contributed by atoms with Gasteiger partial charge < -0.3 is 20.8 Å². The molecule has 0 saturated carbocycles. The molecular weight excluding hydrogens is 336 g/mol. The first kappa shape index (κ1) is 17.8. The number of rotatable bonds is 5. The predicted molar refractivity (Wildman–Crippen MR) is 88.6 cm³/mol. The molecule has 24 heavy (non-hydrogen) atoms. The van der Waals surface area contributed by atoms with E-state index in [-0.39, 0.29) is 0 Å². The predicted octanol–water partition coefficient (Wildman–Crippen LogP) is 1.79. The molecule has 128 valence electrons. The number of nitrogens with zero attached hydrogens (tertiary/aromatic N) is 2. The molecule has 2 amide bonds. The van der Waals surface area contributed by atoms with Crippen molar-refractivity contribution in [2.24, 2.45) is 0 Å². The van der Waals surface area contributed by atoms with Gasteiger partial charge in [0.25, 0.3) is 0 Å². The van der Waals surface area contributed by atoms with Crippen molar-refractivity contribution in [1.29, 1.82) is 0 Å². The summed E-state index contributed by atoms with van der Waals surface area (Å²) in [5.74, 6) is -1.42. The summed E-state index contributed by atoms with van der Waals surface area (Å²) in [6, 6.07) is 6.39. The van der Waals surface area contributed by atoms with Gasteiger partial charge >= 0.3 is 12.0 Å². The number of benzene rings is 1. The molecule has 0 aliphatic rings. The number of hydrogen-bond acceptors (Lipinski definition) is 4. The molecule has 1 unspecified atom stereocenters. The second-order valence-corrected chi connectivity index (χ2v) is 5.85. The molecule has 0 aliphatic heterocycles. The molecule has 0 saturated heterocycles. The standard InChI is InChI=1S/C15H17ClN4O4/c1-9-12(19-14(23)17-8-15(2,24)13(21)22)7-18-20(9)11-5-3-10(16)4-6-11/h3-7,24H,8H2,1-2H3,(H,21,22)(H2,17,19,23). The molecule has 1 atom stereocenters. The number of aliphatic carboxylic acids is 1. The second kappa shape index (κ2) is 6.90. The van der Waals surface area contributed by atoms with E-state index >= 15 is 0 Å². The number of aromatic nitrogens is 2. The Labute approximate surface area is 143 Å². The van der Waals surface area contributed by atoms with Crippen LogP contribution in [0.25, 0.3) is 5.69 Å². The number of urea groups is 1. The highest BCUT2D eigenvalue weighted by molar-refractivity contribution is 6.30. The van der Waals surface area contributed by atoms with Crippen LogP contribution in [0, 0.1) is 6.92 Å². The Hall–Kier alpha value is -2.58. The lowest BCUT2D eigenvalue weighted by molar-refractivity contribution is -0.155. The van der Waals surface area contributed by atoms with Gasteiger partial charge in [0.15, 0.2) is 5.60 Å². The summed E-state index contributed by atoms with van der Waals surface area (Å²) in [5, 5.41) is 28.0. The minimum Gasteiger partial charge on any atom is -0.479 e. The van der Waals surface area contributed by atoms with Gasteiger partial charge in [-0.15, -0.1) is 0 Å². The average Bonchev–Trinajstić information content (AvgIpc) is 2.87. The third-order valence-electron chi connectivity index (χ3n) is 3.38. The van der Waals surface area contributed by atoms with Crippen LogP contribution in [0.5, 0.6) is 0 Å². The highest BCUT2D eigenvalue weighted by atomic mass is 35.5. The lowest BCUT2D eigenvalue weighted by Gasteiger charge is -2.18. The van der Waals surface area contributed by atoms with Crippen LogP contribution in [-0.4, -0.2) is 44.1 Å². The lowest BCUT2D eigenvalue weighted by atomic mass is 10.1. The van der Waals surface area contributed by atoms with Crippen LogP contribution in [-0.2, 0) is 4.79 Å². The summed E-state index contributed by atoms with van der Waals surface area (Å²) < 4.78 is 1.62. The topological polar surface area (TPSA) is 116 Å². The van der Waals surface area contributed by atoms with Crippen molar-refractivity contribution in [2.75, 3.05) is 11.9 Å². The maximum atomic E-state index is 11.8. The van der Waals surface area contributed by atoms with E-state index in [2.05, 4.69) is 15.7 Å². The highest BCUT2D eigenvalue weighted by Crippen LogP contribution is 2.19. The van der Waals surface area contributed by atoms with Gasteiger partial charge in [-0.1, -0.05) is 11.6 Å². The van der Waals surface area contributed by atoms with Crippen molar-refractivity contribution in [2.45, 2.75) is 19.4 Å². The summed E-state index contributed by atoms with van der Waals surface area (Å²) in [6.45, 7) is 2.43. The Morgan fingerprint density at radius 2 is 1.96 bits per heavy atom. The van der Waals surface area contributed by atoms with E-state index in [0.29, 0.717) is 16.4 Å². The molecule has 0 spiro atoms. The summed E-state index contributed by atoms with van der Waals surface area (Å²) >= 11 is 5.85. The third kappa shape index (κ3) is 4.03. The summed E-state index contributed by atoms with van der Waals surface area (Å²) in [4.78, 5) is 22.6. The monoisotopic (exact) mass is 352 g/mol. The zero-order chi connectivity index (χ0) is 17.9. The quantitative estimate of drug-likeness (QED) is 0.654. The molecule has 1 aromatic heterocycles. The number of anilines is 1. The number of amides is 2. The number of aliphatic hydroxyl groups is 1. The molecule has 2 aromatic rings.